The van der Waals surface area contributed by atoms with Gasteiger partial charge in [-0.15, -0.1) is 11.3 Å². The molecule has 1 amide bonds. The highest BCUT2D eigenvalue weighted by molar-refractivity contribution is 7.09. The van der Waals surface area contributed by atoms with E-state index < -0.39 is 0 Å². The van der Waals surface area contributed by atoms with Crippen molar-refractivity contribution in [3.05, 3.63) is 70.0 Å². The van der Waals surface area contributed by atoms with E-state index in [1.165, 1.54) is 27.2 Å². The van der Waals surface area contributed by atoms with Crippen LogP contribution in [0.5, 0.6) is 5.75 Å². The normalized spacial score (nSPS) is 19.7. The van der Waals surface area contributed by atoms with Crippen LogP contribution in [-0.4, -0.2) is 66.4 Å². The quantitative estimate of drug-likeness (QED) is 0.277. The van der Waals surface area contributed by atoms with Crippen LogP contribution >= 0.6 is 11.3 Å². The van der Waals surface area contributed by atoms with Gasteiger partial charge in [0.25, 0.3) is 5.91 Å². The summed E-state index contributed by atoms with van der Waals surface area (Å²) in [6.07, 6.45) is 2.48. The van der Waals surface area contributed by atoms with E-state index >= 15 is 0 Å². The molecule has 42 heavy (non-hydrogen) atoms. The van der Waals surface area contributed by atoms with Gasteiger partial charge in [-0.3, -0.25) is 4.79 Å². The Kier molecular flexibility index (Phi) is 7.21. The van der Waals surface area contributed by atoms with Crippen molar-refractivity contribution in [2.75, 3.05) is 55.0 Å². The van der Waals surface area contributed by atoms with E-state index in [0.717, 1.165) is 56.8 Å². The van der Waals surface area contributed by atoms with Gasteiger partial charge in [0.1, 0.15) is 17.6 Å². The number of hydrogen-bond acceptors (Lipinski definition) is 8. The lowest BCUT2D eigenvalue weighted by molar-refractivity contribution is 0.0708. The first kappa shape index (κ1) is 27.1. The van der Waals surface area contributed by atoms with Crippen LogP contribution in [0, 0.1) is 0 Å². The Morgan fingerprint density at radius 2 is 2.07 bits per heavy atom. The summed E-state index contributed by atoms with van der Waals surface area (Å²) in [5.41, 5.74) is 12.3. The van der Waals surface area contributed by atoms with Gasteiger partial charge in [0.05, 0.1) is 36.2 Å². The molecule has 5 heterocycles. The lowest BCUT2D eigenvalue weighted by Gasteiger charge is -2.33. The minimum atomic E-state index is -0.144. The summed E-state index contributed by atoms with van der Waals surface area (Å²) < 4.78 is 8.42. The van der Waals surface area contributed by atoms with Crippen molar-refractivity contribution >= 4 is 45.2 Å². The van der Waals surface area contributed by atoms with Gasteiger partial charge in [-0.05, 0) is 55.0 Å². The zero-order valence-electron chi connectivity index (χ0n) is 24.0. The molecule has 2 unspecified atom stereocenters. The van der Waals surface area contributed by atoms with Crippen molar-refractivity contribution in [3.8, 4) is 5.75 Å². The number of anilines is 3. The summed E-state index contributed by atoms with van der Waals surface area (Å²) in [7, 11) is 1.68. The number of aliphatic hydroxyl groups excluding tert-OH is 1. The number of ether oxygens (including phenoxy) is 1. The summed E-state index contributed by atoms with van der Waals surface area (Å²) in [6.45, 7) is 4.79. The minimum Gasteiger partial charge on any atom is -0.494 e. The minimum absolute atomic E-state index is 0.00237. The first-order valence-electron chi connectivity index (χ1n) is 14.9. The number of aromatic nitrogens is 1. The van der Waals surface area contributed by atoms with Gasteiger partial charge in [0.15, 0.2) is 0 Å². The molecule has 1 fully saturated rings. The number of aliphatic hydroxyl groups is 1. The monoisotopic (exact) mass is 586 g/mol. The van der Waals surface area contributed by atoms with Crippen molar-refractivity contribution in [3.63, 3.8) is 0 Å². The van der Waals surface area contributed by atoms with E-state index in [0.29, 0.717) is 24.4 Å². The molecule has 2 aromatic heterocycles. The van der Waals surface area contributed by atoms with Gasteiger partial charge in [-0.2, -0.15) is 0 Å². The van der Waals surface area contributed by atoms with E-state index in [2.05, 4.69) is 61.5 Å². The van der Waals surface area contributed by atoms with Crippen molar-refractivity contribution in [2.45, 2.75) is 44.6 Å². The SMILES string of the molecule is COc1cc(C(=O)N2CCCC(N)C2)cc2c1N(Cc1cccs1)C(c1cc3cccc4c3n1CCN4CCCO)N2. The van der Waals surface area contributed by atoms with Gasteiger partial charge < -0.3 is 40.2 Å². The molecular weight excluding hydrogens is 548 g/mol. The fraction of sp³-hybridized carbons (Fsp3) is 0.406. The summed E-state index contributed by atoms with van der Waals surface area (Å²) in [5.74, 6) is 0.687. The Morgan fingerprint density at radius 3 is 2.86 bits per heavy atom. The Bertz CT molecular complexity index is 1600. The molecule has 3 aliphatic rings. The number of benzene rings is 2. The number of carbonyl (C=O) groups excluding carboxylic acids is 1. The van der Waals surface area contributed by atoms with Crippen molar-refractivity contribution < 1.29 is 14.6 Å². The largest absolute Gasteiger partial charge is 0.494 e. The highest BCUT2D eigenvalue weighted by Crippen LogP contribution is 2.50. The third-order valence-corrected chi connectivity index (χ3v) is 9.68. The highest BCUT2D eigenvalue weighted by Gasteiger charge is 2.37. The van der Waals surface area contributed by atoms with Gasteiger partial charge >= 0.3 is 0 Å². The number of likely N-dealkylation sites (tertiary alicyclic amines) is 1. The Morgan fingerprint density at radius 1 is 1.17 bits per heavy atom. The predicted octanol–water partition coefficient (Wildman–Crippen LogP) is 4.61. The molecule has 4 aromatic rings. The molecule has 1 saturated heterocycles. The average molecular weight is 587 g/mol. The molecule has 9 nitrogen and oxygen atoms in total. The number of thiophene rings is 1. The standard InChI is InChI=1S/C32H38N6O3S/c1-41-28-18-22(32(40)36-10-3-7-23(33)19-36)16-25-30(28)38(20-24-8-4-15-42-24)31(34-25)27-17-21-6-2-9-26-29(21)37(27)13-12-35(26)11-5-14-39/h2,4,6,8-9,15-18,23,31,34,39H,3,5,7,10-14,19-20,33H2,1H3. The molecule has 10 heteroatoms. The van der Waals surface area contributed by atoms with E-state index in [-0.39, 0.29) is 24.7 Å². The number of piperidine rings is 1. The smallest absolute Gasteiger partial charge is 0.254 e. The van der Waals surface area contributed by atoms with Gasteiger partial charge in [-0.1, -0.05) is 18.2 Å². The second-order valence-electron chi connectivity index (χ2n) is 11.5. The number of carbonyl (C=O) groups is 1. The van der Waals surface area contributed by atoms with E-state index in [9.17, 15) is 9.90 Å². The second-order valence-corrected chi connectivity index (χ2v) is 12.5. The highest BCUT2D eigenvalue weighted by atomic mass is 32.1. The third-order valence-electron chi connectivity index (χ3n) is 8.82. The maximum absolute atomic E-state index is 13.6. The molecular formula is C32H38N6O3S. The number of para-hydroxylation sites is 1. The number of nitrogens with zero attached hydrogens (tertiary/aromatic N) is 4. The van der Waals surface area contributed by atoms with Crippen LogP contribution in [0.2, 0.25) is 0 Å². The summed E-state index contributed by atoms with van der Waals surface area (Å²) in [6, 6.07) is 16.9. The molecule has 0 radical (unpaired) electrons. The van der Waals surface area contributed by atoms with E-state index in [1.807, 2.05) is 17.0 Å². The van der Waals surface area contributed by atoms with Crippen LogP contribution < -0.4 is 25.6 Å². The molecule has 0 aliphatic carbocycles. The fourth-order valence-electron chi connectivity index (χ4n) is 6.88. The predicted molar refractivity (Wildman–Crippen MR) is 169 cm³/mol. The number of amides is 1. The number of hydrogen-bond donors (Lipinski definition) is 3. The lowest BCUT2D eigenvalue weighted by atomic mass is 10.0. The molecule has 2 aromatic carbocycles. The maximum Gasteiger partial charge on any atom is 0.254 e. The second kappa shape index (κ2) is 11.2. The molecule has 4 N–H and O–H groups in total. The number of nitrogens with two attached hydrogens (primary N) is 1. The first-order chi connectivity index (χ1) is 20.6. The summed E-state index contributed by atoms with van der Waals surface area (Å²) in [4.78, 5) is 21.5. The number of nitrogens with one attached hydrogen (secondary N) is 1. The Labute approximate surface area is 250 Å². The van der Waals surface area contributed by atoms with E-state index in [4.69, 9.17) is 10.5 Å². The van der Waals surface area contributed by atoms with Gasteiger partial charge in [-0.25, -0.2) is 0 Å². The Balaban J connectivity index is 1.30. The molecule has 220 valence electrons. The van der Waals surface area contributed by atoms with Crippen LogP contribution in [0.4, 0.5) is 17.1 Å². The van der Waals surface area contributed by atoms with Gasteiger partial charge in [0.2, 0.25) is 0 Å². The molecule has 2 atom stereocenters. The van der Waals surface area contributed by atoms with Crippen LogP contribution in [0.15, 0.2) is 53.9 Å². The lowest BCUT2D eigenvalue weighted by Crippen LogP contribution is -2.45. The van der Waals surface area contributed by atoms with Crippen LogP contribution in [0.25, 0.3) is 10.9 Å². The Hall–Kier alpha value is -3.73. The number of fused-ring (bicyclic) bond motifs is 1. The maximum atomic E-state index is 13.6. The summed E-state index contributed by atoms with van der Waals surface area (Å²) >= 11 is 1.74. The summed E-state index contributed by atoms with van der Waals surface area (Å²) in [5, 5.41) is 16.6. The average Bonchev–Trinajstić information content (AvgIpc) is 3.75. The fourth-order valence-corrected chi connectivity index (χ4v) is 7.58. The third kappa shape index (κ3) is 4.67. The van der Waals surface area contributed by atoms with E-state index in [1.54, 1.807) is 18.4 Å². The van der Waals surface area contributed by atoms with Crippen LogP contribution in [-0.2, 0) is 13.1 Å². The molecule has 0 saturated carbocycles. The van der Waals surface area contributed by atoms with Crippen LogP contribution in [0.1, 0.15) is 46.4 Å². The topological polar surface area (TPSA) is 99.2 Å². The molecule has 0 bridgehead atoms. The molecule has 0 spiro atoms. The van der Waals surface area contributed by atoms with Gasteiger partial charge in [0, 0.05) is 61.2 Å². The van der Waals surface area contributed by atoms with Crippen LogP contribution in [0.3, 0.4) is 0 Å². The zero-order valence-corrected chi connectivity index (χ0v) is 24.8. The first-order valence-corrected chi connectivity index (χ1v) is 15.7. The molecule has 7 rings (SSSR count). The van der Waals surface area contributed by atoms with Crippen molar-refractivity contribution in [1.82, 2.24) is 9.47 Å². The van der Waals surface area contributed by atoms with Crippen molar-refractivity contribution in [2.24, 2.45) is 5.73 Å². The number of rotatable bonds is 8. The van der Waals surface area contributed by atoms with Crippen molar-refractivity contribution in [1.29, 1.82) is 0 Å². The zero-order chi connectivity index (χ0) is 28.8. The molecule has 3 aliphatic heterocycles. The number of methoxy groups -OCH3 is 1.